The Hall–Kier alpha value is -1.78. The van der Waals surface area contributed by atoms with Crippen molar-refractivity contribution in [3.63, 3.8) is 0 Å². The highest BCUT2D eigenvalue weighted by atomic mass is 16.4. The van der Waals surface area contributed by atoms with Gasteiger partial charge in [0.2, 0.25) is 5.43 Å². The molecule has 0 saturated carbocycles. The molecule has 2 N–H and O–H groups in total. The molecule has 1 aromatic heterocycles. The second-order valence-electron chi connectivity index (χ2n) is 2.46. The number of aromatic hydroxyl groups is 1. The minimum atomic E-state index is -0.719. The van der Waals surface area contributed by atoms with E-state index in [0.717, 1.165) is 6.26 Å². The minimum Gasteiger partial charge on any atom is -0.502 e. The lowest BCUT2D eigenvalue weighted by molar-refractivity contribution is 0.0958. The van der Waals surface area contributed by atoms with Crippen LogP contribution in [0.25, 0.3) is 0 Å². The molecule has 0 bridgehead atoms. The van der Waals surface area contributed by atoms with Crippen molar-refractivity contribution in [1.29, 1.82) is 0 Å². The molecular weight excluding hydrogens is 174 g/mol. The van der Waals surface area contributed by atoms with E-state index in [1.165, 1.54) is 14.0 Å². The molecule has 0 aliphatic heterocycles. The molecule has 0 fully saturated rings. The number of rotatable bonds is 1. The summed E-state index contributed by atoms with van der Waals surface area (Å²) in [6.45, 7) is 1.48. The molecule has 0 unspecified atom stereocenters. The van der Waals surface area contributed by atoms with Gasteiger partial charge in [-0.3, -0.25) is 9.59 Å². The van der Waals surface area contributed by atoms with Crippen LogP contribution in [-0.4, -0.2) is 18.1 Å². The van der Waals surface area contributed by atoms with Crippen LogP contribution in [0.4, 0.5) is 0 Å². The second-order valence-corrected chi connectivity index (χ2v) is 2.46. The second kappa shape index (κ2) is 3.30. The first kappa shape index (κ1) is 9.31. The Morgan fingerprint density at radius 2 is 2.23 bits per heavy atom. The molecule has 1 aromatic rings. The summed E-state index contributed by atoms with van der Waals surface area (Å²) in [5.74, 6) is -0.950. The summed E-state index contributed by atoms with van der Waals surface area (Å²) >= 11 is 0. The monoisotopic (exact) mass is 183 g/mol. The maximum Gasteiger partial charge on any atom is 0.258 e. The molecule has 1 heterocycles. The highest BCUT2D eigenvalue weighted by Gasteiger charge is 2.16. The van der Waals surface area contributed by atoms with E-state index in [2.05, 4.69) is 5.32 Å². The number of hydrogen-bond acceptors (Lipinski definition) is 4. The highest BCUT2D eigenvalue weighted by Crippen LogP contribution is 2.08. The van der Waals surface area contributed by atoms with Crippen LogP contribution < -0.4 is 10.7 Å². The van der Waals surface area contributed by atoms with Crippen LogP contribution in [0, 0.1) is 6.92 Å². The van der Waals surface area contributed by atoms with Crippen LogP contribution in [0.5, 0.6) is 5.75 Å². The van der Waals surface area contributed by atoms with Crippen LogP contribution in [-0.2, 0) is 0 Å². The quantitative estimate of drug-likeness (QED) is 0.642. The molecule has 0 aliphatic carbocycles. The SMILES string of the molecule is CNC(=O)c1c(C)occ(O)c1=O. The molecule has 0 spiro atoms. The molecule has 1 amide bonds. The van der Waals surface area contributed by atoms with Gasteiger partial charge in [0.25, 0.3) is 5.91 Å². The predicted molar refractivity (Wildman–Crippen MR) is 44.8 cm³/mol. The number of aryl methyl sites for hydroxylation is 1. The lowest BCUT2D eigenvalue weighted by Crippen LogP contribution is -2.26. The smallest absolute Gasteiger partial charge is 0.258 e. The molecule has 0 aromatic carbocycles. The standard InChI is InChI=1S/C8H9NO4/c1-4-6(8(12)9-2)7(11)5(10)3-13-4/h3,10H,1-2H3,(H,9,12). The average Bonchev–Trinajstić information content (AvgIpc) is 2.12. The Balaban J connectivity index is 3.43. The van der Waals surface area contributed by atoms with E-state index in [9.17, 15) is 9.59 Å². The minimum absolute atomic E-state index is 0.164. The summed E-state index contributed by atoms with van der Waals surface area (Å²) in [4.78, 5) is 22.3. The van der Waals surface area contributed by atoms with Gasteiger partial charge in [0, 0.05) is 7.05 Å². The topological polar surface area (TPSA) is 79.5 Å². The van der Waals surface area contributed by atoms with Gasteiger partial charge >= 0.3 is 0 Å². The predicted octanol–water partition coefficient (Wildman–Crippen LogP) is 0.0134. The normalized spacial score (nSPS) is 9.69. The lowest BCUT2D eigenvalue weighted by atomic mass is 10.2. The molecule has 70 valence electrons. The van der Waals surface area contributed by atoms with Gasteiger partial charge < -0.3 is 14.8 Å². The molecule has 0 atom stereocenters. The van der Waals surface area contributed by atoms with E-state index >= 15 is 0 Å². The molecule has 1 rings (SSSR count). The molecule has 13 heavy (non-hydrogen) atoms. The van der Waals surface area contributed by atoms with Gasteiger partial charge in [0.05, 0.1) is 0 Å². The first-order valence-corrected chi connectivity index (χ1v) is 3.61. The summed E-state index contributed by atoms with van der Waals surface area (Å²) in [6.07, 6.45) is 0.907. The summed E-state index contributed by atoms with van der Waals surface area (Å²) in [5.41, 5.74) is -0.884. The van der Waals surface area contributed by atoms with Gasteiger partial charge in [-0.15, -0.1) is 0 Å². The highest BCUT2D eigenvalue weighted by molar-refractivity contribution is 5.94. The molecule has 0 aliphatic rings. The molecule has 5 heteroatoms. The Labute approximate surface area is 74.0 Å². The van der Waals surface area contributed by atoms with Gasteiger partial charge in [-0.05, 0) is 6.92 Å². The summed E-state index contributed by atoms with van der Waals surface area (Å²) in [7, 11) is 1.39. The van der Waals surface area contributed by atoms with Crippen molar-refractivity contribution < 1.29 is 14.3 Å². The van der Waals surface area contributed by atoms with Gasteiger partial charge in [-0.25, -0.2) is 0 Å². The van der Waals surface area contributed by atoms with Crippen LogP contribution in [0.1, 0.15) is 16.1 Å². The van der Waals surface area contributed by atoms with E-state index in [0.29, 0.717) is 0 Å². The molecule has 0 radical (unpaired) electrons. The summed E-state index contributed by atoms with van der Waals surface area (Å²) in [5, 5.41) is 11.3. The Kier molecular flexibility index (Phi) is 2.36. The third kappa shape index (κ3) is 1.53. The van der Waals surface area contributed by atoms with Crippen molar-refractivity contribution in [1.82, 2.24) is 5.32 Å². The number of hydrogen-bond donors (Lipinski definition) is 2. The van der Waals surface area contributed by atoms with Crippen molar-refractivity contribution in [2.45, 2.75) is 6.92 Å². The zero-order valence-electron chi connectivity index (χ0n) is 7.25. The Bertz CT molecular complexity index is 394. The fraction of sp³-hybridized carbons (Fsp3) is 0.250. The van der Waals surface area contributed by atoms with Gasteiger partial charge in [0.1, 0.15) is 17.6 Å². The van der Waals surface area contributed by atoms with Crippen molar-refractivity contribution >= 4 is 5.91 Å². The number of nitrogens with one attached hydrogen (secondary N) is 1. The van der Waals surface area contributed by atoms with E-state index < -0.39 is 17.1 Å². The fourth-order valence-electron chi connectivity index (χ4n) is 0.933. The van der Waals surface area contributed by atoms with Crippen molar-refractivity contribution in [2.75, 3.05) is 7.05 Å². The maximum absolute atomic E-state index is 11.2. The molecule has 5 nitrogen and oxygen atoms in total. The molecular formula is C8H9NO4. The third-order valence-electron chi connectivity index (χ3n) is 1.61. The number of amides is 1. The van der Waals surface area contributed by atoms with E-state index in [4.69, 9.17) is 9.52 Å². The van der Waals surface area contributed by atoms with Gasteiger partial charge in [-0.2, -0.15) is 0 Å². The van der Waals surface area contributed by atoms with Crippen molar-refractivity contribution in [2.24, 2.45) is 0 Å². The average molecular weight is 183 g/mol. The van der Waals surface area contributed by atoms with Crippen LogP contribution in [0.2, 0.25) is 0 Å². The van der Waals surface area contributed by atoms with E-state index in [-0.39, 0.29) is 11.3 Å². The molecule has 0 saturated heterocycles. The number of carbonyl (C=O) groups excluding carboxylic acids is 1. The van der Waals surface area contributed by atoms with E-state index in [1.54, 1.807) is 0 Å². The fourth-order valence-corrected chi connectivity index (χ4v) is 0.933. The van der Waals surface area contributed by atoms with Crippen LogP contribution in [0.3, 0.4) is 0 Å². The zero-order valence-corrected chi connectivity index (χ0v) is 7.25. The summed E-state index contributed by atoms with van der Waals surface area (Å²) in [6, 6.07) is 0. The summed E-state index contributed by atoms with van der Waals surface area (Å²) < 4.78 is 4.78. The first-order valence-electron chi connectivity index (χ1n) is 3.61. The van der Waals surface area contributed by atoms with Crippen LogP contribution >= 0.6 is 0 Å². The Morgan fingerprint density at radius 1 is 1.62 bits per heavy atom. The largest absolute Gasteiger partial charge is 0.502 e. The number of carbonyl (C=O) groups is 1. The lowest BCUT2D eigenvalue weighted by Gasteiger charge is -2.01. The van der Waals surface area contributed by atoms with Crippen molar-refractivity contribution in [3.05, 3.63) is 27.8 Å². The first-order chi connectivity index (χ1) is 6.07. The van der Waals surface area contributed by atoms with Crippen LogP contribution in [0.15, 0.2) is 15.5 Å². The zero-order chi connectivity index (χ0) is 10.0. The maximum atomic E-state index is 11.2. The third-order valence-corrected chi connectivity index (χ3v) is 1.61. The van der Waals surface area contributed by atoms with Gasteiger partial charge in [-0.1, -0.05) is 0 Å². The van der Waals surface area contributed by atoms with Gasteiger partial charge in [0.15, 0.2) is 5.75 Å². The van der Waals surface area contributed by atoms with E-state index in [1.807, 2.05) is 0 Å². The Morgan fingerprint density at radius 3 is 2.77 bits per heavy atom. The van der Waals surface area contributed by atoms with Crippen molar-refractivity contribution in [3.8, 4) is 5.75 Å².